The lowest BCUT2D eigenvalue weighted by molar-refractivity contribution is -0.129. The van der Waals surface area contributed by atoms with Gasteiger partial charge in [0.1, 0.15) is 0 Å². The molecule has 0 aromatic heterocycles. The minimum atomic E-state index is -1.41. The number of methoxy groups -OCH3 is 1. The molecule has 0 radical (unpaired) electrons. The second-order valence-corrected chi connectivity index (χ2v) is 6.83. The second-order valence-electron chi connectivity index (χ2n) is 6.83. The third kappa shape index (κ3) is 2.66. The number of carbonyl (C=O) groups is 3. The van der Waals surface area contributed by atoms with Gasteiger partial charge in [-0.25, -0.2) is 0 Å². The number of carbonyl (C=O) groups excluding carboxylic acids is 3. The molecule has 7 heteroatoms. The molecule has 1 unspecified atom stereocenters. The summed E-state index contributed by atoms with van der Waals surface area (Å²) < 4.78 is 5.17. The van der Waals surface area contributed by atoms with Crippen LogP contribution in [0.1, 0.15) is 23.2 Å². The molecule has 144 valence electrons. The first-order valence-electron chi connectivity index (χ1n) is 9.19. The van der Waals surface area contributed by atoms with Gasteiger partial charge in [0.2, 0.25) is 11.6 Å². The third-order valence-electron chi connectivity index (χ3n) is 5.29. The summed E-state index contributed by atoms with van der Waals surface area (Å²) >= 11 is 0. The molecule has 0 bridgehead atoms. The molecule has 2 aromatic rings. The second kappa shape index (κ2) is 7.09. The van der Waals surface area contributed by atoms with Crippen molar-refractivity contribution in [2.45, 2.75) is 18.5 Å². The average molecular weight is 379 g/mol. The Bertz CT molecular complexity index is 930. The first-order valence-corrected chi connectivity index (χ1v) is 9.19. The Hall–Kier alpha value is -3.19. The molecule has 2 aliphatic rings. The fraction of sp³-hybridized carbons (Fsp3) is 0.286. The van der Waals surface area contributed by atoms with E-state index in [1.165, 1.54) is 16.9 Å². The number of nitrogens with zero attached hydrogens (tertiary/aromatic N) is 2. The normalized spacial score (nSPS) is 20.8. The third-order valence-corrected chi connectivity index (χ3v) is 5.29. The molecule has 2 aliphatic heterocycles. The van der Waals surface area contributed by atoms with Gasteiger partial charge in [0, 0.05) is 32.2 Å². The Kier molecular flexibility index (Phi) is 4.60. The topological polar surface area (TPSA) is 79.0 Å². The maximum absolute atomic E-state index is 13.5. The molecule has 2 heterocycles. The van der Waals surface area contributed by atoms with Crippen LogP contribution < -0.4 is 10.2 Å². The van der Waals surface area contributed by atoms with Crippen LogP contribution in [0.4, 0.5) is 11.4 Å². The number of nitrogens with one attached hydrogen (secondary N) is 1. The van der Waals surface area contributed by atoms with E-state index in [9.17, 15) is 14.4 Å². The zero-order valence-electron chi connectivity index (χ0n) is 15.6. The highest BCUT2D eigenvalue weighted by molar-refractivity contribution is 6.18. The van der Waals surface area contributed by atoms with E-state index in [4.69, 9.17) is 4.74 Å². The van der Waals surface area contributed by atoms with Crippen LogP contribution in [0.5, 0.6) is 0 Å². The number of rotatable bonds is 5. The maximum Gasteiger partial charge on any atom is 0.271 e. The van der Waals surface area contributed by atoms with Crippen LogP contribution in [0, 0.1) is 0 Å². The van der Waals surface area contributed by atoms with Crippen molar-refractivity contribution in [3.8, 4) is 0 Å². The standard InChI is InChI=1S/C21H21N3O4/c1-28-14-13-23-19(26)16-9-5-6-10-17(16)24-18(25)11-12-21(23,24)20(27)22-15-7-3-2-4-8-15/h2-10H,11-14H2,1H3,(H,22,27). The number of benzene rings is 2. The Morgan fingerprint density at radius 3 is 2.57 bits per heavy atom. The number of amides is 3. The molecule has 4 rings (SSSR count). The molecular weight excluding hydrogens is 358 g/mol. The van der Waals surface area contributed by atoms with Gasteiger partial charge >= 0.3 is 0 Å². The lowest BCUT2D eigenvalue weighted by atomic mass is 9.95. The van der Waals surface area contributed by atoms with Gasteiger partial charge in [-0.2, -0.15) is 0 Å². The molecule has 0 saturated carbocycles. The number of hydrogen-bond acceptors (Lipinski definition) is 4. The van der Waals surface area contributed by atoms with Crippen LogP contribution in [-0.2, 0) is 14.3 Å². The molecule has 28 heavy (non-hydrogen) atoms. The van der Waals surface area contributed by atoms with Crippen molar-refractivity contribution in [3.63, 3.8) is 0 Å². The van der Waals surface area contributed by atoms with Crippen molar-refractivity contribution in [3.05, 3.63) is 60.2 Å². The monoisotopic (exact) mass is 379 g/mol. The largest absolute Gasteiger partial charge is 0.383 e. The van der Waals surface area contributed by atoms with E-state index in [0.717, 1.165) is 0 Å². The number of anilines is 2. The zero-order valence-corrected chi connectivity index (χ0v) is 15.6. The summed E-state index contributed by atoms with van der Waals surface area (Å²) in [5, 5.41) is 2.88. The highest BCUT2D eigenvalue weighted by Gasteiger charge is 2.60. The van der Waals surface area contributed by atoms with E-state index < -0.39 is 11.6 Å². The Morgan fingerprint density at radius 1 is 1.11 bits per heavy atom. The molecule has 0 aliphatic carbocycles. The van der Waals surface area contributed by atoms with Gasteiger partial charge in [0.05, 0.1) is 17.9 Å². The molecule has 0 spiro atoms. The van der Waals surface area contributed by atoms with E-state index in [-0.39, 0.29) is 37.8 Å². The Labute approximate surface area is 162 Å². The average Bonchev–Trinajstić information content (AvgIpc) is 3.07. The van der Waals surface area contributed by atoms with Gasteiger partial charge in [-0.05, 0) is 24.3 Å². The van der Waals surface area contributed by atoms with Crippen LogP contribution in [0.3, 0.4) is 0 Å². The predicted octanol–water partition coefficient (Wildman–Crippen LogP) is 2.25. The summed E-state index contributed by atoms with van der Waals surface area (Å²) in [6.45, 7) is 0.464. The summed E-state index contributed by atoms with van der Waals surface area (Å²) in [7, 11) is 1.54. The number of para-hydroxylation sites is 2. The van der Waals surface area contributed by atoms with Crippen molar-refractivity contribution >= 4 is 29.1 Å². The predicted molar refractivity (Wildman–Crippen MR) is 104 cm³/mol. The van der Waals surface area contributed by atoms with Crippen molar-refractivity contribution in [2.75, 3.05) is 30.5 Å². The zero-order chi connectivity index (χ0) is 19.7. The van der Waals surface area contributed by atoms with Crippen molar-refractivity contribution < 1.29 is 19.1 Å². The summed E-state index contributed by atoms with van der Waals surface area (Å²) in [5.74, 6) is -0.851. The summed E-state index contributed by atoms with van der Waals surface area (Å²) in [6, 6.07) is 15.9. The van der Waals surface area contributed by atoms with Gasteiger partial charge in [-0.1, -0.05) is 30.3 Å². The van der Waals surface area contributed by atoms with Gasteiger partial charge in [0.15, 0.2) is 0 Å². The Morgan fingerprint density at radius 2 is 1.82 bits per heavy atom. The number of ether oxygens (including phenoxy) is 1. The molecule has 1 N–H and O–H groups in total. The Balaban J connectivity index is 1.83. The quantitative estimate of drug-likeness (QED) is 0.864. The van der Waals surface area contributed by atoms with E-state index in [1.807, 2.05) is 18.2 Å². The van der Waals surface area contributed by atoms with Crippen molar-refractivity contribution in [2.24, 2.45) is 0 Å². The smallest absolute Gasteiger partial charge is 0.271 e. The molecule has 7 nitrogen and oxygen atoms in total. The first kappa shape index (κ1) is 18.2. The summed E-state index contributed by atoms with van der Waals surface area (Å²) in [6.07, 6.45) is 0.418. The molecular formula is C21H21N3O4. The lowest BCUT2D eigenvalue weighted by Crippen LogP contribution is -2.69. The fourth-order valence-corrected chi connectivity index (χ4v) is 4.02. The summed E-state index contributed by atoms with van der Waals surface area (Å²) in [5.41, 5.74) is 0.0970. The molecule has 2 aromatic carbocycles. The van der Waals surface area contributed by atoms with Crippen LogP contribution in [0.25, 0.3) is 0 Å². The van der Waals surface area contributed by atoms with Gasteiger partial charge < -0.3 is 15.0 Å². The molecule has 1 atom stereocenters. The number of fused-ring (bicyclic) bond motifs is 3. The minimum Gasteiger partial charge on any atom is -0.383 e. The lowest BCUT2D eigenvalue weighted by Gasteiger charge is -2.49. The summed E-state index contributed by atoms with van der Waals surface area (Å²) in [4.78, 5) is 42.6. The van der Waals surface area contributed by atoms with Gasteiger partial charge in [-0.3, -0.25) is 19.3 Å². The van der Waals surface area contributed by atoms with Crippen LogP contribution >= 0.6 is 0 Å². The number of hydrogen-bond donors (Lipinski definition) is 1. The molecule has 1 saturated heterocycles. The SMILES string of the molecule is COCCN1C(=O)c2ccccc2N2C(=O)CCC12C(=O)Nc1ccccc1. The van der Waals surface area contributed by atoms with E-state index in [0.29, 0.717) is 16.9 Å². The fourth-order valence-electron chi connectivity index (χ4n) is 4.02. The van der Waals surface area contributed by atoms with E-state index >= 15 is 0 Å². The highest BCUT2D eigenvalue weighted by Crippen LogP contribution is 2.44. The molecule has 3 amide bonds. The first-order chi connectivity index (χ1) is 13.6. The minimum absolute atomic E-state index is 0.175. The van der Waals surface area contributed by atoms with Crippen LogP contribution in [0.2, 0.25) is 0 Å². The van der Waals surface area contributed by atoms with Crippen LogP contribution in [0.15, 0.2) is 54.6 Å². The van der Waals surface area contributed by atoms with Crippen molar-refractivity contribution in [1.82, 2.24) is 4.90 Å². The van der Waals surface area contributed by atoms with E-state index in [1.54, 1.807) is 36.4 Å². The maximum atomic E-state index is 13.5. The highest BCUT2D eigenvalue weighted by atomic mass is 16.5. The van der Waals surface area contributed by atoms with Gasteiger partial charge in [0.25, 0.3) is 11.8 Å². The van der Waals surface area contributed by atoms with E-state index in [2.05, 4.69) is 5.32 Å². The van der Waals surface area contributed by atoms with Crippen LogP contribution in [-0.4, -0.2) is 48.5 Å². The molecule has 1 fully saturated rings. The van der Waals surface area contributed by atoms with Crippen molar-refractivity contribution in [1.29, 1.82) is 0 Å². The van der Waals surface area contributed by atoms with Gasteiger partial charge in [-0.15, -0.1) is 0 Å².